The molecule has 0 amide bonds. The highest BCUT2D eigenvalue weighted by Crippen LogP contribution is 2.05. The fourth-order valence-corrected chi connectivity index (χ4v) is 1.86. The Bertz CT molecular complexity index is 347. The molecule has 0 saturated carbocycles. The van der Waals surface area contributed by atoms with Crippen molar-refractivity contribution in [3.05, 3.63) is 18.7 Å². The molecule has 0 atom stereocenters. The molecule has 0 spiro atoms. The second kappa shape index (κ2) is 8.72. The number of imidazole rings is 1. The number of unbranched alkanes of at least 4 members (excludes halogenated alkanes) is 5. The van der Waals surface area contributed by atoms with Crippen LogP contribution in [-0.4, -0.2) is 17.1 Å². The number of aromatic nitrogens is 2. The first-order valence-electron chi connectivity index (χ1n) is 6.89. The Morgan fingerprint density at radius 1 is 1.22 bits per heavy atom. The summed E-state index contributed by atoms with van der Waals surface area (Å²) in [5.74, 6) is -0.153. The van der Waals surface area contributed by atoms with Crippen LogP contribution in [0.2, 0.25) is 0 Å². The zero-order valence-electron chi connectivity index (χ0n) is 11.6. The Balaban J connectivity index is 2.00. The Kier molecular flexibility index (Phi) is 7.14. The maximum Gasteiger partial charge on any atom is 0.348 e. The molecule has 4 nitrogen and oxygen atoms in total. The van der Waals surface area contributed by atoms with Crippen molar-refractivity contribution in [1.82, 2.24) is 4.57 Å². The predicted octanol–water partition coefficient (Wildman–Crippen LogP) is 2.22. The van der Waals surface area contributed by atoms with Crippen LogP contribution in [0.3, 0.4) is 0 Å². The van der Waals surface area contributed by atoms with Crippen LogP contribution in [0, 0.1) is 0 Å². The lowest BCUT2D eigenvalue weighted by atomic mass is 10.1. The van der Waals surface area contributed by atoms with E-state index in [4.69, 9.17) is 4.74 Å². The Hall–Kier alpha value is -1.32. The molecule has 1 heterocycles. The molecule has 0 N–H and O–H groups in total. The molecule has 0 unspecified atom stereocenters. The number of nitrogens with zero attached hydrogens (tertiary/aromatic N) is 2. The summed E-state index contributed by atoms with van der Waals surface area (Å²) in [6.07, 6.45) is 12.9. The molecule has 102 valence electrons. The first-order valence-corrected chi connectivity index (χ1v) is 6.89. The number of carbonyl (C=O) groups excluding carboxylic acids is 1. The zero-order valence-corrected chi connectivity index (χ0v) is 11.6. The minimum Gasteiger partial charge on any atom is -0.463 e. The van der Waals surface area contributed by atoms with E-state index in [0.29, 0.717) is 13.2 Å². The van der Waals surface area contributed by atoms with Crippen molar-refractivity contribution in [3.63, 3.8) is 0 Å². The van der Waals surface area contributed by atoms with Crippen LogP contribution in [0.5, 0.6) is 0 Å². The van der Waals surface area contributed by atoms with E-state index in [1.54, 1.807) is 0 Å². The van der Waals surface area contributed by atoms with E-state index in [-0.39, 0.29) is 5.97 Å². The lowest BCUT2D eigenvalue weighted by Crippen LogP contribution is -2.24. The summed E-state index contributed by atoms with van der Waals surface area (Å²) in [6.45, 7) is 3.07. The molecule has 0 fully saturated rings. The normalized spacial score (nSPS) is 10.6. The van der Waals surface area contributed by atoms with Crippen LogP contribution < -0.4 is 4.57 Å². The van der Waals surface area contributed by atoms with E-state index >= 15 is 0 Å². The minimum absolute atomic E-state index is 0.153. The van der Waals surface area contributed by atoms with E-state index < -0.39 is 0 Å². The van der Waals surface area contributed by atoms with Gasteiger partial charge in [-0.15, -0.1) is 0 Å². The van der Waals surface area contributed by atoms with Gasteiger partial charge in [0.25, 0.3) is 0 Å². The SMILES string of the molecule is CCCCCCCCOC(=O)Cn1cc[n+](C)c1. The predicted molar refractivity (Wildman–Crippen MR) is 69.9 cm³/mol. The van der Waals surface area contributed by atoms with E-state index in [9.17, 15) is 4.79 Å². The van der Waals surface area contributed by atoms with Crippen molar-refractivity contribution in [2.24, 2.45) is 7.05 Å². The van der Waals surface area contributed by atoms with Crippen LogP contribution >= 0.6 is 0 Å². The van der Waals surface area contributed by atoms with Gasteiger partial charge in [-0.3, -0.25) is 0 Å². The Morgan fingerprint density at radius 2 is 1.94 bits per heavy atom. The van der Waals surface area contributed by atoms with Gasteiger partial charge >= 0.3 is 5.97 Å². The molecule has 0 aliphatic heterocycles. The van der Waals surface area contributed by atoms with Gasteiger partial charge in [0, 0.05) is 0 Å². The quantitative estimate of drug-likeness (QED) is 0.384. The van der Waals surface area contributed by atoms with Crippen LogP contribution in [0.15, 0.2) is 18.7 Å². The standard InChI is InChI=1S/C14H25N2O2/c1-3-4-5-6-7-8-11-18-14(17)12-16-10-9-15(2)13-16/h9-10,13H,3-8,11-12H2,1-2H3/q+1. The van der Waals surface area contributed by atoms with Gasteiger partial charge in [0.2, 0.25) is 6.33 Å². The molecule has 18 heavy (non-hydrogen) atoms. The van der Waals surface area contributed by atoms with Gasteiger partial charge in [0.15, 0.2) is 6.54 Å². The summed E-state index contributed by atoms with van der Waals surface area (Å²) >= 11 is 0. The molecule has 0 aliphatic carbocycles. The maximum atomic E-state index is 11.5. The van der Waals surface area contributed by atoms with Gasteiger partial charge in [-0.2, -0.15) is 0 Å². The fourth-order valence-electron chi connectivity index (χ4n) is 1.86. The van der Waals surface area contributed by atoms with E-state index in [1.165, 1.54) is 25.7 Å². The van der Waals surface area contributed by atoms with Crippen LogP contribution in [-0.2, 0) is 23.1 Å². The fraction of sp³-hybridized carbons (Fsp3) is 0.714. The molecular formula is C14H25N2O2+. The molecule has 4 heteroatoms. The number of hydrogen-bond donors (Lipinski definition) is 0. The summed E-state index contributed by atoms with van der Waals surface area (Å²) in [7, 11) is 1.93. The molecule has 0 aromatic carbocycles. The summed E-state index contributed by atoms with van der Waals surface area (Å²) in [5.41, 5.74) is 0. The van der Waals surface area contributed by atoms with E-state index in [0.717, 1.165) is 12.8 Å². The number of esters is 1. The topological polar surface area (TPSA) is 35.1 Å². The summed E-state index contributed by atoms with van der Waals surface area (Å²) in [6, 6.07) is 0. The number of carbonyl (C=O) groups is 1. The second-order valence-corrected chi connectivity index (χ2v) is 4.74. The van der Waals surface area contributed by atoms with Crippen molar-refractivity contribution >= 4 is 5.97 Å². The highest BCUT2D eigenvalue weighted by Gasteiger charge is 2.08. The molecule has 0 aliphatic rings. The Morgan fingerprint density at radius 3 is 2.61 bits per heavy atom. The smallest absolute Gasteiger partial charge is 0.348 e. The zero-order chi connectivity index (χ0) is 13.2. The highest BCUT2D eigenvalue weighted by molar-refractivity contribution is 5.69. The van der Waals surface area contributed by atoms with Crippen LogP contribution in [0.25, 0.3) is 0 Å². The third-order valence-corrected chi connectivity index (χ3v) is 2.90. The second-order valence-electron chi connectivity index (χ2n) is 4.74. The maximum absolute atomic E-state index is 11.5. The van der Waals surface area contributed by atoms with Crippen molar-refractivity contribution in [2.75, 3.05) is 6.61 Å². The minimum atomic E-state index is -0.153. The number of hydrogen-bond acceptors (Lipinski definition) is 2. The van der Waals surface area contributed by atoms with Gasteiger partial charge in [-0.05, 0) is 6.42 Å². The number of ether oxygens (including phenoxy) is 1. The molecule has 0 saturated heterocycles. The lowest BCUT2D eigenvalue weighted by molar-refractivity contribution is -0.671. The average molecular weight is 253 g/mol. The molecule has 1 aromatic heterocycles. The van der Waals surface area contributed by atoms with Gasteiger partial charge in [0.1, 0.15) is 12.4 Å². The average Bonchev–Trinajstić information content (AvgIpc) is 2.73. The van der Waals surface area contributed by atoms with Crippen molar-refractivity contribution in [1.29, 1.82) is 0 Å². The van der Waals surface area contributed by atoms with E-state index in [1.807, 2.05) is 34.9 Å². The summed E-state index contributed by atoms with van der Waals surface area (Å²) in [4.78, 5) is 11.5. The first-order chi connectivity index (χ1) is 8.72. The summed E-state index contributed by atoms with van der Waals surface area (Å²) < 4.78 is 8.92. The van der Waals surface area contributed by atoms with Gasteiger partial charge < -0.3 is 4.74 Å². The third-order valence-electron chi connectivity index (χ3n) is 2.90. The van der Waals surface area contributed by atoms with Crippen LogP contribution in [0.4, 0.5) is 0 Å². The third kappa shape index (κ3) is 6.42. The molecule has 1 aromatic rings. The molecule has 1 rings (SSSR count). The van der Waals surface area contributed by atoms with Gasteiger partial charge in [-0.25, -0.2) is 13.9 Å². The summed E-state index contributed by atoms with van der Waals surface area (Å²) in [5, 5.41) is 0. The number of aryl methyl sites for hydroxylation is 1. The van der Waals surface area contributed by atoms with E-state index in [2.05, 4.69) is 6.92 Å². The van der Waals surface area contributed by atoms with Gasteiger partial charge in [-0.1, -0.05) is 39.0 Å². The van der Waals surface area contributed by atoms with Crippen LogP contribution in [0.1, 0.15) is 45.4 Å². The largest absolute Gasteiger partial charge is 0.463 e. The number of rotatable bonds is 9. The first kappa shape index (κ1) is 14.7. The Labute approximate surface area is 110 Å². The highest BCUT2D eigenvalue weighted by atomic mass is 16.5. The molecular weight excluding hydrogens is 228 g/mol. The van der Waals surface area contributed by atoms with Crippen molar-refractivity contribution in [2.45, 2.75) is 52.0 Å². The molecule has 0 bridgehead atoms. The van der Waals surface area contributed by atoms with Crippen molar-refractivity contribution < 1.29 is 14.1 Å². The van der Waals surface area contributed by atoms with Crippen molar-refractivity contribution in [3.8, 4) is 0 Å². The monoisotopic (exact) mass is 253 g/mol. The molecule has 0 radical (unpaired) electrons. The van der Waals surface area contributed by atoms with Gasteiger partial charge in [0.05, 0.1) is 13.7 Å². The lowest BCUT2D eigenvalue weighted by Gasteiger charge is -2.03.